The summed E-state index contributed by atoms with van der Waals surface area (Å²) in [5.74, 6) is -0.0808. The van der Waals surface area contributed by atoms with Gasteiger partial charge in [-0.2, -0.15) is 0 Å². The summed E-state index contributed by atoms with van der Waals surface area (Å²) in [6, 6.07) is 0. The smallest absolute Gasteiger partial charge is 0.209 e. The van der Waals surface area contributed by atoms with E-state index in [0.29, 0.717) is 6.41 Å². The molecule has 1 atom stereocenters. The molecule has 0 fully saturated rings. The van der Waals surface area contributed by atoms with Crippen LogP contribution >= 0.6 is 0 Å². The lowest BCUT2D eigenvalue weighted by molar-refractivity contribution is -0.116. The molecule has 0 rings (SSSR count). The molecule has 1 unspecified atom stereocenters. The fraction of sp³-hybridized carbons (Fsp3) is 0.667. The van der Waals surface area contributed by atoms with Crippen molar-refractivity contribution in [3.8, 4) is 0 Å². The minimum Gasteiger partial charge on any atom is -0.371 e. The standard InChI is InChI=1S/C6H12NO2/c1-5(2)6(3,9)7-4-8/h4-5,9H,3H2,1-2H3,(H,7,8). The van der Waals surface area contributed by atoms with Gasteiger partial charge in [-0.05, 0) is 6.92 Å². The zero-order valence-corrected chi connectivity index (χ0v) is 5.72. The third-order valence-corrected chi connectivity index (χ3v) is 1.26. The van der Waals surface area contributed by atoms with Gasteiger partial charge in [-0.15, -0.1) is 0 Å². The van der Waals surface area contributed by atoms with Crippen molar-refractivity contribution in [2.75, 3.05) is 0 Å². The lowest BCUT2D eigenvalue weighted by Crippen LogP contribution is -2.46. The highest BCUT2D eigenvalue weighted by atomic mass is 16.3. The van der Waals surface area contributed by atoms with Crippen LogP contribution in [0.3, 0.4) is 0 Å². The molecular formula is C6H12NO2. The molecule has 0 aliphatic heterocycles. The Bertz CT molecular complexity index is 99.2. The fourth-order valence-corrected chi connectivity index (χ4v) is 0.269. The maximum Gasteiger partial charge on any atom is 0.209 e. The Balaban J connectivity index is 3.84. The van der Waals surface area contributed by atoms with Gasteiger partial charge >= 0.3 is 0 Å². The van der Waals surface area contributed by atoms with Crippen molar-refractivity contribution in [1.82, 2.24) is 5.32 Å². The maximum atomic E-state index is 9.81. The molecule has 0 aliphatic rings. The summed E-state index contributed by atoms with van der Waals surface area (Å²) in [6.07, 6.45) is 0.438. The van der Waals surface area contributed by atoms with Gasteiger partial charge in [-0.1, -0.05) is 13.8 Å². The zero-order valence-electron chi connectivity index (χ0n) is 5.72. The van der Waals surface area contributed by atoms with Gasteiger partial charge in [0.05, 0.1) is 0 Å². The average Bonchev–Trinajstić information content (AvgIpc) is 1.65. The number of amides is 1. The number of carbonyl (C=O) groups excluding carboxylic acids is 1. The Morgan fingerprint density at radius 2 is 2.22 bits per heavy atom. The van der Waals surface area contributed by atoms with Gasteiger partial charge in [0, 0.05) is 5.92 Å². The third-order valence-electron chi connectivity index (χ3n) is 1.26. The fourth-order valence-electron chi connectivity index (χ4n) is 0.269. The molecule has 1 radical (unpaired) electrons. The van der Waals surface area contributed by atoms with Gasteiger partial charge in [0.1, 0.15) is 5.72 Å². The molecule has 0 saturated heterocycles. The van der Waals surface area contributed by atoms with Crippen LogP contribution in [0.1, 0.15) is 13.8 Å². The summed E-state index contributed by atoms with van der Waals surface area (Å²) in [5, 5.41) is 11.3. The highest BCUT2D eigenvalue weighted by molar-refractivity contribution is 5.47. The largest absolute Gasteiger partial charge is 0.371 e. The molecule has 0 bridgehead atoms. The minimum absolute atomic E-state index is 0.0808. The second kappa shape index (κ2) is 2.82. The second-order valence-electron chi connectivity index (χ2n) is 2.34. The Kier molecular flexibility index (Phi) is 2.65. The zero-order chi connectivity index (χ0) is 7.49. The molecule has 53 valence electrons. The van der Waals surface area contributed by atoms with E-state index in [1.165, 1.54) is 0 Å². The Hall–Kier alpha value is -0.570. The average molecular weight is 130 g/mol. The van der Waals surface area contributed by atoms with Gasteiger partial charge in [0.2, 0.25) is 6.41 Å². The summed E-state index contributed by atoms with van der Waals surface area (Å²) >= 11 is 0. The van der Waals surface area contributed by atoms with E-state index in [0.717, 1.165) is 0 Å². The van der Waals surface area contributed by atoms with Gasteiger partial charge in [0.25, 0.3) is 0 Å². The first-order valence-electron chi connectivity index (χ1n) is 2.79. The Labute approximate surface area is 55.1 Å². The van der Waals surface area contributed by atoms with Crippen molar-refractivity contribution in [1.29, 1.82) is 0 Å². The van der Waals surface area contributed by atoms with E-state index in [1.54, 1.807) is 13.8 Å². The van der Waals surface area contributed by atoms with Crippen LogP contribution in [0.5, 0.6) is 0 Å². The molecule has 0 aromatic rings. The van der Waals surface area contributed by atoms with Gasteiger partial charge in [-0.25, -0.2) is 0 Å². The van der Waals surface area contributed by atoms with Gasteiger partial charge in [-0.3, -0.25) is 4.79 Å². The van der Waals surface area contributed by atoms with Crippen molar-refractivity contribution in [2.24, 2.45) is 5.92 Å². The first kappa shape index (κ1) is 8.43. The first-order valence-corrected chi connectivity index (χ1v) is 2.79. The van der Waals surface area contributed by atoms with Crippen molar-refractivity contribution in [3.63, 3.8) is 0 Å². The molecule has 2 N–H and O–H groups in total. The monoisotopic (exact) mass is 130 g/mol. The normalized spacial score (nSPS) is 17.0. The molecule has 3 heteroatoms. The lowest BCUT2D eigenvalue weighted by atomic mass is 10.0. The molecule has 0 spiro atoms. The molecular weight excluding hydrogens is 118 g/mol. The molecule has 0 saturated carbocycles. The summed E-state index contributed by atoms with van der Waals surface area (Å²) in [4.78, 5) is 9.81. The lowest BCUT2D eigenvalue weighted by Gasteiger charge is -2.25. The van der Waals surface area contributed by atoms with Crippen LogP contribution in [0, 0.1) is 12.8 Å². The topological polar surface area (TPSA) is 49.3 Å². The number of rotatable bonds is 3. The van der Waals surface area contributed by atoms with Crippen molar-refractivity contribution in [3.05, 3.63) is 6.92 Å². The minimum atomic E-state index is -1.32. The predicted molar refractivity (Wildman–Crippen MR) is 34.3 cm³/mol. The van der Waals surface area contributed by atoms with E-state index < -0.39 is 5.72 Å². The number of aliphatic hydroxyl groups is 1. The predicted octanol–water partition coefficient (Wildman–Crippen LogP) is -0.0889. The summed E-state index contributed by atoms with van der Waals surface area (Å²) in [5.41, 5.74) is -1.32. The van der Waals surface area contributed by atoms with E-state index >= 15 is 0 Å². The van der Waals surface area contributed by atoms with E-state index in [4.69, 9.17) is 5.11 Å². The van der Waals surface area contributed by atoms with E-state index in [-0.39, 0.29) is 5.92 Å². The van der Waals surface area contributed by atoms with Crippen LogP contribution in [0.2, 0.25) is 0 Å². The third kappa shape index (κ3) is 2.46. The molecule has 0 aliphatic carbocycles. The Morgan fingerprint density at radius 3 is 2.33 bits per heavy atom. The summed E-state index contributed by atoms with van der Waals surface area (Å²) < 4.78 is 0. The molecule has 3 nitrogen and oxygen atoms in total. The first-order chi connectivity index (χ1) is 4.00. The summed E-state index contributed by atoms with van der Waals surface area (Å²) in [7, 11) is 0. The highest BCUT2D eigenvalue weighted by Gasteiger charge is 2.22. The van der Waals surface area contributed by atoms with Crippen molar-refractivity contribution < 1.29 is 9.90 Å². The van der Waals surface area contributed by atoms with Crippen LogP contribution in [-0.4, -0.2) is 17.2 Å². The van der Waals surface area contributed by atoms with Crippen molar-refractivity contribution >= 4 is 6.41 Å². The SMILES string of the molecule is [CH2]C(O)(NC=O)C(C)C. The van der Waals surface area contributed by atoms with E-state index in [1.807, 2.05) is 0 Å². The molecule has 9 heavy (non-hydrogen) atoms. The molecule has 0 aromatic carbocycles. The summed E-state index contributed by atoms with van der Waals surface area (Å²) in [6.45, 7) is 6.91. The number of carbonyl (C=O) groups is 1. The maximum absolute atomic E-state index is 9.81. The van der Waals surface area contributed by atoms with Crippen molar-refractivity contribution in [2.45, 2.75) is 19.6 Å². The van der Waals surface area contributed by atoms with Crippen LogP contribution in [0.4, 0.5) is 0 Å². The van der Waals surface area contributed by atoms with Crippen LogP contribution in [0.25, 0.3) is 0 Å². The van der Waals surface area contributed by atoms with E-state index in [2.05, 4.69) is 12.2 Å². The molecule has 0 heterocycles. The number of nitrogens with one attached hydrogen (secondary N) is 1. The second-order valence-corrected chi connectivity index (χ2v) is 2.34. The van der Waals surface area contributed by atoms with Crippen LogP contribution in [-0.2, 0) is 4.79 Å². The van der Waals surface area contributed by atoms with E-state index in [9.17, 15) is 4.79 Å². The Morgan fingerprint density at radius 1 is 1.78 bits per heavy atom. The van der Waals surface area contributed by atoms with Crippen LogP contribution in [0.15, 0.2) is 0 Å². The van der Waals surface area contributed by atoms with Gasteiger partial charge < -0.3 is 10.4 Å². The van der Waals surface area contributed by atoms with Crippen LogP contribution < -0.4 is 5.32 Å². The quantitative estimate of drug-likeness (QED) is 0.414. The highest BCUT2D eigenvalue weighted by Crippen LogP contribution is 2.09. The number of hydrogen-bond donors (Lipinski definition) is 2. The molecule has 1 amide bonds. The van der Waals surface area contributed by atoms with Gasteiger partial charge in [0.15, 0.2) is 0 Å². The molecule has 0 aromatic heterocycles. The number of hydrogen-bond acceptors (Lipinski definition) is 2.